The molecule has 4 heterocycles. The lowest BCUT2D eigenvalue weighted by Crippen LogP contribution is -2.28. The van der Waals surface area contributed by atoms with Crippen LogP contribution in [0.1, 0.15) is 64.0 Å². The average molecular weight is 481 g/mol. The van der Waals surface area contributed by atoms with Crippen LogP contribution in [0.25, 0.3) is 16.6 Å². The first-order valence-electron chi connectivity index (χ1n) is 12.0. The molecule has 35 heavy (non-hydrogen) atoms. The first kappa shape index (κ1) is 23.4. The van der Waals surface area contributed by atoms with E-state index in [9.17, 15) is 5.11 Å². The summed E-state index contributed by atoms with van der Waals surface area (Å²) < 4.78 is 14.5. The Kier molecular flexibility index (Phi) is 6.28. The lowest BCUT2D eigenvalue weighted by molar-refractivity contribution is 0.121. The molecule has 1 atom stereocenters. The number of hydrogen-bond acceptors (Lipinski definition) is 9. The lowest BCUT2D eigenvalue weighted by atomic mass is 9.85. The monoisotopic (exact) mass is 480 g/mol. The number of rotatable bonds is 8. The summed E-state index contributed by atoms with van der Waals surface area (Å²) in [6.07, 6.45) is 10.2. The normalized spacial score (nSPS) is 19.8. The first-order chi connectivity index (χ1) is 16.9. The summed E-state index contributed by atoms with van der Waals surface area (Å²) in [4.78, 5) is 4.58. The standard InChI is InChI=1S/C24H32N8O3/c1-15(13-34-4)28-23-25-11-21-19(9-20(32(21)30-23)16-5-7-18(33)8-6-16)17-10-27-31(12-17)24(2,3)22-29-26-14-35-22/h9-12,14-16,18,33H,5-8,13H2,1-4H3,(H,28,30)/t15-,16?,18?/m0/s1. The van der Waals surface area contributed by atoms with E-state index < -0.39 is 5.54 Å². The zero-order valence-electron chi connectivity index (χ0n) is 20.5. The minimum absolute atomic E-state index is 0.0749. The molecule has 1 fully saturated rings. The second-order valence-electron chi connectivity index (χ2n) is 9.84. The Balaban J connectivity index is 1.55. The maximum Gasteiger partial charge on any atom is 0.243 e. The van der Waals surface area contributed by atoms with Crippen LogP contribution in [0.4, 0.5) is 5.95 Å². The number of nitrogens with zero attached hydrogens (tertiary/aromatic N) is 7. The molecule has 0 bridgehead atoms. The van der Waals surface area contributed by atoms with Gasteiger partial charge in [0.25, 0.3) is 0 Å². The number of ether oxygens (including phenoxy) is 1. The van der Waals surface area contributed by atoms with Gasteiger partial charge in [0.2, 0.25) is 18.2 Å². The molecule has 0 radical (unpaired) electrons. The summed E-state index contributed by atoms with van der Waals surface area (Å²) in [5, 5.41) is 30.7. The first-order valence-corrected chi connectivity index (χ1v) is 12.0. The van der Waals surface area contributed by atoms with Gasteiger partial charge in [-0.2, -0.15) is 5.10 Å². The zero-order chi connectivity index (χ0) is 24.6. The van der Waals surface area contributed by atoms with Crippen LogP contribution in [0.15, 0.2) is 35.5 Å². The van der Waals surface area contributed by atoms with Crippen molar-refractivity contribution >= 4 is 11.5 Å². The van der Waals surface area contributed by atoms with Crippen LogP contribution in [0, 0.1) is 0 Å². The Hall–Kier alpha value is -3.31. The van der Waals surface area contributed by atoms with Gasteiger partial charge in [0.15, 0.2) is 0 Å². The van der Waals surface area contributed by atoms with Crippen LogP contribution in [-0.4, -0.2) is 65.5 Å². The van der Waals surface area contributed by atoms with Crippen molar-refractivity contribution in [2.24, 2.45) is 0 Å². The van der Waals surface area contributed by atoms with E-state index in [0.29, 0.717) is 24.4 Å². The van der Waals surface area contributed by atoms with Gasteiger partial charge in [-0.25, -0.2) is 9.50 Å². The highest BCUT2D eigenvalue weighted by Crippen LogP contribution is 2.38. The predicted octanol–water partition coefficient (Wildman–Crippen LogP) is 3.22. The van der Waals surface area contributed by atoms with E-state index >= 15 is 0 Å². The number of fused-ring (bicyclic) bond motifs is 1. The van der Waals surface area contributed by atoms with Gasteiger partial charge in [-0.3, -0.25) is 4.68 Å². The molecule has 5 rings (SSSR count). The van der Waals surface area contributed by atoms with Gasteiger partial charge in [-0.15, -0.1) is 15.3 Å². The van der Waals surface area contributed by atoms with Crippen molar-refractivity contribution in [3.05, 3.63) is 42.6 Å². The highest BCUT2D eigenvalue weighted by Gasteiger charge is 2.31. The van der Waals surface area contributed by atoms with Gasteiger partial charge in [0, 0.05) is 42.1 Å². The number of aromatic nitrogens is 7. The predicted molar refractivity (Wildman–Crippen MR) is 129 cm³/mol. The third-order valence-electron chi connectivity index (χ3n) is 6.80. The molecule has 0 unspecified atom stereocenters. The van der Waals surface area contributed by atoms with Gasteiger partial charge in [0.05, 0.1) is 30.6 Å². The van der Waals surface area contributed by atoms with Gasteiger partial charge < -0.3 is 19.6 Å². The third-order valence-corrected chi connectivity index (χ3v) is 6.80. The van der Waals surface area contributed by atoms with E-state index in [4.69, 9.17) is 14.3 Å². The highest BCUT2D eigenvalue weighted by atomic mass is 16.5. The quantitative estimate of drug-likeness (QED) is 0.390. The van der Waals surface area contributed by atoms with Crippen molar-refractivity contribution in [3.63, 3.8) is 0 Å². The van der Waals surface area contributed by atoms with Crippen molar-refractivity contribution in [1.82, 2.24) is 34.6 Å². The SMILES string of the molecule is COC[C@H](C)Nc1ncc2c(-c3cnn(C(C)(C)c4nnco4)c3)cc(C3CCC(O)CC3)n2n1. The molecule has 2 N–H and O–H groups in total. The van der Waals surface area contributed by atoms with E-state index in [1.807, 2.05) is 48.6 Å². The summed E-state index contributed by atoms with van der Waals surface area (Å²) in [6.45, 7) is 6.55. The number of hydrogen-bond donors (Lipinski definition) is 2. The average Bonchev–Trinajstić information content (AvgIpc) is 3.59. The Morgan fingerprint density at radius 2 is 2.06 bits per heavy atom. The Bertz CT molecular complexity index is 1270. The second-order valence-corrected chi connectivity index (χ2v) is 9.84. The van der Waals surface area contributed by atoms with Crippen LogP contribution in [0.3, 0.4) is 0 Å². The second kappa shape index (κ2) is 9.38. The smallest absolute Gasteiger partial charge is 0.243 e. The Morgan fingerprint density at radius 3 is 2.77 bits per heavy atom. The highest BCUT2D eigenvalue weighted by molar-refractivity contribution is 5.81. The van der Waals surface area contributed by atoms with Gasteiger partial charge >= 0.3 is 0 Å². The number of aliphatic hydroxyl groups excluding tert-OH is 1. The molecule has 4 aromatic heterocycles. The van der Waals surface area contributed by atoms with Crippen molar-refractivity contribution in [1.29, 1.82) is 0 Å². The Morgan fingerprint density at radius 1 is 1.26 bits per heavy atom. The summed E-state index contributed by atoms with van der Waals surface area (Å²) in [7, 11) is 1.68. The molecule has 1 aliphatic rings. The maximum absolute atomic E-state index is 10.0. The van der Waals surface area contributed by atoms with Crippen LogP contribution in [-0.2, 0) is 10.3 Å². The van der Waals surface area contributed by atoms with Crippen molar-refractivity contribution in [3.8, 4) is 11.1 Å². The molecule has 11 heteroatoms. The molecular weight excluding hydrogens is 448 g/mol. The van der Waals surface area contributed by atoms with E-state index in [0.717, 1.165) is 48.0 Å². The molecule has 186 valence electrons. The molecule has 0 saturated heterocycles. The van der Waals surface area contributed by atoms with Gasteiger partial charge in [-0.1, -0.05) is 0 Å². The minimum atomic E-state index is -0.599. The molecular formula is C24H32N8O3. The fourth-order valence-electron chi connectivity index (χ4n) is 4.79. The lowest BCUT2D eigenvalue weighted by Gasteiger charge is -2.25. The molecule has 0 amide bonds. The summed E-state index contributed by atoms with van der Waals surface area (Å²) >= 11 is 0. The largest absolute Gasteiger partial charge is 0.425 e. The molecule has 0 aromatic carbocycles. The number of aliphatic hydroxyl groups is 1. The third kappa shape index (κ3) is 4.53. The molecule has 1 aliphatic carbocycles. The van der Waals surface area contributed by atoms with E-state index in [-0.39, 0.29) is 12.1 Å². The van der Waals surface area contributed by atoms with Crippen molar-refractivity contribution < 1.29 is 14.3 Å². The molecule has 11 nitrogen and oxygen atoms in total. The number of methoxy groups -OCH3 is 1. The van der Waals surface area contributed by atoms with Crippen molar-refractivity contribution in [2.45, 2.75) is 70.1 Å². The summed E-state index contributed by atoms with van der Waals surface area (Å²) in [5.74, 6) is 1.35. The van der Waals surface area contributed by atoms with Crippen LogP contribution >= 0.6 is 0 Å². The van der Waals surface area contributed by atoms with Gasteiger partial charge in [-0.05, 0) is 52.5 Å². The molecule has 4 aromatic rings. The summed E-state index contributed by atoms with van der Waals surface area (Å²) in [5.41, 5.74) is 3.39. The Labute approximate surface area is 203 Å². The van der Waals surface area contributed by atoms with Gasteiger partial charge in [0.1, 0.15) is 5.54 Å². The topological polar surface area (TPSA) is 128 Å². The number of anilines is 1. The van der Waals surface area contributed by atoms with E-state index in [2.05, 4.69) is 31.7 Å². The fraction of sp³-hybridized carbons (Fsp3) is 0.542. The molecule has 0 aliphatic heterocycles. The van der Waals surface area contributed by atoms with Crippen LogP contribution in [0.5, 0.6) is 0 Å². The van der Waals surface area contributed by atoms with Crippen molar-refractivity contribution in [2.75, 3.05) is 19.0 Å². The van der Waals surface area contributed by atoms with Crippen LogP contribution in [0.2, 0.25) is 0 Å². The molecule has 0 spiro atoms. The fourth-order valence-corrected chi connectivity index (χ4v) is 4.79. The minimum Gasteiger partial charge on any atom is -0.425 e. The summed E-state index contributed by atoms with van der Waals surface area (Å²) in [6, 6.07) is 2.27. The number of nitrogens with one attached hydrogen (secondary N) is 1. The van der Waals surface area contributed by atoms with E-state index in [1.165, 1.54) is 6.39 Å². The van der Waals surface area contributed by atoms with E-state index in [1.54, 1.807) is 7.11 Å². The maximum atomic E-state index is 10.0. The zero-order valence-corrected chi connectivity index (χ0v) is 20.5. The van der Waals surface area contributed by atoms with Crippen LogP contribution < -0.4 is 5.32 Å². The molecule has 1 saturated carbocycles.